The first kappa shape index (κ1) is 12.8. The van der Waals surface area contributed by atoms with Crippen LogP contribution in [0.3, 0.4) is 0 Å². The summed E-state index contributed by atoms with van der Waals surface area (Å²) in [7, 11) is 0. The highest BCUT2D eigenvalue weighted by Gasteiger charge is 2.56. The number of likely N-dealkylation sites (N-methyl/N-ethyl adjacent to an activating group) is 1. The Morgan fingerprint density at radius 1 is 1.04 bits per heavy atom. The molecular formula is C18H15NO4. The molecule has 3 heterocycles. The Morgan fingerprint density at radius 3 is 2.65 bits per heavy atom. The van der Waals surface area contributed by atoms with Gasteiger partial charge in [-0.1, -0.05) is 18.2 Å². The van der Waals surface area contributed by atoms with Gasteiger partial charge in [-0.2, -0.15) is 0 Å². The minimum Gasteiger partial charge on any atom is -0.491 e. The molecule has 116 valence electrons. The van der Waals surface area contributed by atoms with Gasteiger partial charge in [-0.05, 0) is 24.6 Å². The summed E-state index contributed by atoms with van der Waals surface area (Å²) in [6.07, 6.45) is 0. The van der Waals surface area contributed by atoms with Crippen molar-refractivity contribution in [2.24, 2.45) is 0 Å². The summed E-state index contributed by atoms with van der Waals surface area (Å²) in [5.74, 6) is 2.12. The first-order chi connectivity index (χ1) is 11.3. The van der Waals surface area contributed by atoms with Crippen LogP contribution >= 0.6 is 0 Å². The third kappa shape index (κ3) is 1.40. The van der Waals surface area contributed by atoms with Gasteiger partial charge in [0.15, 0.2) is 11.5 Å². The predicted molar refractivity (Wildman–Crippen MR) is 83.3 cm³/mol. The standard InChI is InChI=1S/C18H15NO4/c1-2-19-13-6-4-3-5-11(13)18(17(19)20)9-21-14-8-16-15(7-12(14)18)22-10-23-16/h3-8H,2,9-10H2,1H3. The molecule has 0 aliphatic carbocycles. The van der Waals surface area contributed by atoms with Gasteiger partial charge in [0.2, 0.25) is 12.7 Å². The van der Waals surface area contributed by atoms with E-state index in [-0.39, 0.29) is 12.7 Å². The Bertz CT molecular complexity index is 847. The van der Waals surface area contributed by atoms with E-state index in [2.05, 4.69) is 0 Å². The Hall–Kier alpha value is -2.69. The second-order valence-corrected chi connectivity index (χ2v) is 5.96. The van der Waals surface area contributed by atoms with Gasteiger partial charge in [-0.25, -0.2) is 0 Å². The van der Waals surface area contributed by atoms with E-state index < -0.39 is 5.41 Å². The van der Waals surface area contributed by atoms with Crippen LogP contribution in [0.1, 0.15) is 18.1 Å². The van der Waals surface area contributed by atoms with Gasteiger partial charge < -0.3 is 19.1 Å². The second kappa shape index (κ2) is 4.19. The monoisotopic (exact) mass is 309 g/mol. The van der Waals surface area contributed by atoms with E-state index in [9.17, 15) is 4.79 Å². The molecule has 5 rings (SSSR count). The number of fused-ring (bicyclic) bond motifs is 5. The van der Waals surface area contributed by atoms with Crippen LogP contribution in [0.25, 0.3) is 0 Å². The van der Waals surface area contributed by atoms with Crippen molar-refractivity contribution in [1.29, 1.82) is 0 Å². The molecule has 3 aliphatic rings. The third-order valence-corrected chi connectivity index (χ3v) is 4.96. The van der Waals surface area contributed by atoms with E-state index in [1.54, 1.807) is 0 Å². The molecule has 0 saturated heterocycles. The Balaban J connectivity index is 1.78. The van der Waals surface area contributed by atoms with Gasteiger partial charge in [0.05, 0.1) is 0 Å². The molecule has 0 fully saturated rings. The van der Waals surface area contributed by atoms with Gasteiger partial charge in [0, 0.05) is 23.9 Å². The van der Waals surface area contributed by atoms with Crippen LogP contribution < -0.4 is 19.1 Å². The molecule has 5 heteroatoms. The van der Waals surface area contributed by atoms with Crippen LogP contribution in [0.15, 0.2) is 36.4 Å². The summed E-state index contributed by atoms with van der Waals surface area (Å²) >= 11 is 0. The molecular weight excluding hydrogens is 294 g/mol. The number of hydrogen-bond acceptors (Lipinski definition) is 4. The minimum atomic E-state index is -0.775. The lowest BCUT2D eigenvalue weighted by Crippen LogP contribution is -2.42. The van der Waals surface area contributed by atoms with E-state index in [0.29, 0.717) is 30.4 Å². The fourth-order valence-corrected chi connectivity index (χ4v) is 3.88. The van der Waals surface area contributed by atoms with Gasteiger partial charge in [-0.3, -0.25) is 4.79 Å². The minimum absolute atomic E-state index is 0.0683. The van der Waals surface area contributed by atoms with E-state index in [4.69, 9.17) is 14.2 Å². The Labute approximate surface area is 133 Å². The summed E-state index contributed by atoms with van der Waals surface area (Å²) in [5.41, 5.74) is 2.07. The highest BCUT2D eigenvalue weighted by atomic mass is 16.7. The van der Waals surface area contributed by atoms with E-state index >= 15 is 0 Å². The van der Waals surface area contributed by atoms with Crippen molar-refractivity contribution in [3.8, 4) is 17.2 Å². The summed E-state index contributed by atoms with van der Waals surface area (Å²) < 4.78 is 16.8. The number of nitrogens with zero attached hydrogens (tertiary/aromatic N) is 1. The maximum atomic E-state index is 13.3. The van der Waals surface area contributed by atoms with Crippen molar-refractivity contribution in [3.05, 3.63) is 47.5 Å². The summed E-state index contributed by atoms with van der Waals surface area (Å²) in [6.45, 7) is 3.15. The van der Waals surface area contributed by atoms with E-state index in [0.717, 1.165) is 16.8 Å². The van der Waals surface area contributed by atoms with Crippen molar-refractivity contribution in [1.82, 2.24) is 0 Å². The van der Waals surface area contributed by atoms with Crippen molar-refractivity contribution in [3.63, 3.8) is 0 Å². The molecule has 23 heavy (non-hydrogen) atoms. The number of carbonyl (C=O) groups is 1. The third-order valence-electron chi connectivity index (χ3n) is 4.96. The number of benzene rings is 2. The lowest BCUT2D eigenvalue weighted by molar-refractivity contribution is -0.122. The molecule has 2 aromatic rings. The molecule has 0 bridgehead atoms. The molecule has 0 N–H and O–H groups in total. The lowest BCUT2D eigenvalue weighted by atomic mass is 9.77. The topological polar surface area (TPSA) is 48.0 Å². The van der Waals surface area contributed by atoms with Crippen LogP contribution in [-0.2, 0) is 10.2 Å². The fourth-order valence-electron chi connectivity index (χ4n) is 3.88. The molecule has 1 amide bonds. The molecule has 3 aliphatic heterocycles. The van der Waals surface area contributed by atoms with Crippen LogP contribution in [0.2, 0.25) is 0 Å². The second-order valence-electron chi connectivity index (χ2n) is 5.96. The van der Waals surface area contributed by atoms with E-state index in [1.165, 1.54) is 0 Å². The van der Waals surface area contributed by atoms with Gasteiger partial charge in [0.1, 0.15) is 17.8 Å². The SMILES string of the molecule is CCN1C(=O)C2(COc3cc4c(cc32)OCO4)c2ccccc21. The molecule has 1 atom stereocenters. The molecule has 0 radical (unpaired) electrons. The van der Waals surface area contributed by atoms with Crippen molar-refractivity contribution >= 4 is 11.6 Å². The number of ether oxygens (including phenoxy) is 3. The molecule has 5 nitrogen and oxygen atoms in total. The summed E-state index contributed by atoms with van der Waals surface area (Å²) in [4.78, 5) is 15.1. The van der Waals surface area contributed by atoms with Gasteiger partial charge in [0.25, 0.3) is 0 Å². The average molecular weight is 309 g/mol. The predicted octanol–water partition coefficient (Wildman–Crippen LogP) is 2.46. The van der Waals surface area contributed by atoms with Crippen LogP contribution in [0.5, 0.6) is 17.2 Å². The van der Waals surface area contributed by atoms with E-state index in [1.807, 2.05) is 48.2 Å². The summed E-state index contributed by atoms with van der Waals surface area (Å²) in [6, 6.07) is 11.7. The lowest BCUT2D eigenvalue weighted by Gasteiger charge is -2.22. The largest absolute Gasteiger partial charge is 0.491 e. The Kier molecular flexibility index (Phi) is 2.33. The quantitative estimate of drug-likeness (QED) is 0.812. The molecule has 2 aromatic carbocycles. The van der Waals surface area contributed by atoms with Gasteiger partial charge in [-0.15, -0.1) is 0 Å². The Morgan fingerprint density at radius 2 is 1.83 bits per heavy atom. The zero-order chi connectivity index (χ0) is 15.6. The number of rotatable bonds is 1. The zero-order valence-electron chi connectivity index (χ0n) is 12.7. The number of hydrogen-bond donors (Lipinski definition) is 0. The average Bonchev–Trinajstić information content (AvgIpc) is 3.23. The maximum Gasteiger partial charge on any atom is 0.245 e. The first-order valence-electron chi connectivity index (χ1n) is 7.74. The number of amides is 1. The highest BCUT2D eigenvalue weighted by molar-refractivity contribution is 6.11. The smallest absolute Gasteiger partial charge is 0.245 e. The zero-order valence-corrected chi connectivity index (χ0v) is 12.7. The molecule has 1 spiro atoms. The number of para-hydroxylation sites is 1. The van der Waals surface area contributed by atoms with Gasteiger partial charge >= 0.3 is 0 Å². The highest BCUT2D eigenvalue weighted by Crippen LogP contribution is 2.54. The molecule has 0 saturated carbocycles. The first-order valence-corrected chi connectivity index (χ1v) is 7.74. The summed E-state index contributed by atoms with van der Waals surface area (Å²) in [5, 5.41) is 0. The normalized spacial score (nSPS) is 23.2. The number of carbonyl (C=O) groups excluding carboxylic acids is 1. The van der Waals surface area contributed by atoms with Crippen LogP contribution in [0, 0.1) is 0 Å². The van der Waals surface area contributed by atoms with Crippen LogP contribution in [-0.4, -0.2) is 25.9 Å². The molecule has 1 unspecified atom stereocenters. The van der Waals surface area contributed by atoms with Crippen molar-refractivity contribution in [2.75, 3.05) is 24.8 Å². The maximum absolute atomic E-state index is 13.3. The van der Waals surface area contributed by atoms with Crippen molar-refractivity contribution < 1.29 is 19.0 Å². The fraction of sp³-hybridized carbons (Fsp3) is 0.278. The van der Waals surface area contributed by atoms with Crippen LogP contribution in [0.4, 0.5) is 5.69 Å². The number of anilines is 1. The van der Waals surface area contributed by atoms with Crippen molar-refractivity contribution in [2.45, 2.75) is 12.3 Å². The molecule has 0 aromatic heterocycles.